The molecular weight excluding hydrogens is 229 g/mol. The topological polar surface area (TPSA) is 23.5 Å². The molecule has 1 aromatic rings. The van der Waals surface area contributed by atoms with E-state index >= 15 is 0 Å². The molecule has 1 N–H and O–H groups in total. The Morgan fingerprint density at radius 2 is 1.83 bits per heavy atom. The predicted molar refractivity (Wildman–Crippen MR) is 72.3 cm³/mol. The number of nitrogens with zero attached hydrogens (tertiary/aromatic N) is 1. The maximum Gasteiger partial charge on any atom is 0.123 e. The third-order valence-corrected chi connectivity index (χ3v) is 3.89. The van der Waals surface area contributed by atoms with Crippen molar-refractivity contribution in [3.05, 3.63) is 30.1 Å². The molecule has 1 aliphatic rings. The van der Waals surface area contributed by atoms with E-state index < -0.39 is 0 Å². The number of aliphatic hydroxyl groups is 1. The number of anilines is 1. The van der Waals surface area contributed by atoms with Gasteiger partial charge in [0.2, 0.25) is 0 Å². The van der Waals surface area contributed by atoms with Crippen LogP contribution in [-0.2, 0) is 0 Å². The Balaban J connectivity index is 1.97. The molecule has 0 saturated heterocycles. The second-order valence-electron chi connectivity index (χ2n) is 5.32. The molecule has 0 heterocycles. The van der Waals surface area contributed by atoms with Crippen LogP contribution >= 0.6 is 0 Å². The van der Waals surface area contributed by atoms with E-state index in [1.165, 1.54) is 25.0 Å². The Kier molecular flexibility index (Phi) is 4.59. The third-order valence-electron chi connectivity index (χ3n) is 3.89. The van der Waals surface area contributed by atoms with E-state index in [1.54, 1.807) is 12.1 Å². The summed E-state index contributed by atoms with van der Waals surface area (Å²) in [6, 6.07) is 6.54. The van der Waals surface area contributed by atoms with Gasteiger partial charge < -0.3 is 10.0 Å². The van der Waals surface area contributed by atoms with E-state index in [4.69, 9.17) is 0 Å². The average molecular weight is 251 g/mol. The first kappa shape index (κ1) is 13.3. The van der Waals surface area contributed by atoms with Crippen LogP contribution in [0.4, 0.5) is 10.1 Å². The van der Waals surface area contributed by atoms with E-state index in [-0.39, 0.29) is 11.9 Å². The van der Waals surface area contributed by atoms with Gasteiger partial charge in [-0.1, -0.05) is 19.3 Å². The fraction of sp³-hybridized carbons (Fsp3) is 0.600. The summed E-state index contributed by atoms with van der Waals surface area (Å²) >= 11 is 0. The van der Waals surface area contributed by atoms with Crippen LogP contribution in [0.25, 0.3) is 0 Å². The first-order valence-electron chi connectivity index (χ1n) is 6.81. The van der Waals surface area contributed by atoms with Crippen LogP contribution < -0.4 is 4.90 Å². The van der Waals surface area contributed by atoms with Crippen molar-refractivity contribution in [2.75, 3.05) is 18.5 Å². The number of hydrogen-bond donors (Lipinski definition) is 1. The Labute approximate surface area is 108 Å². The minimum absolute atomic E-state index is 0.185. The van der Waals surface area contributed by atoms with Gasteiger partial charge in [-0.3, -0.25) is 0 Å². The number of benzene rings is 1. The van der Waals surface area contributed by atoms with Crippen molar-refractivity contribution in [3.8, 4) is 0 Å². The summed E-state index contributed by atoms with van der Waals surface area (Å²) in [6.45, 7) is 0.840. The highest BCUT2D eigenvalue weighted by Gasteiger charge is 2.22. The summed E-state index contributed by atoms with van der Waals surface area (Å²) in [5.41, 5.74) is 1.01. The molecule has 0 aliphatic heterocycles. The average Bonchev–Trinajstić information content (AvgIpc) is 2.56. The largest absolute Gasteiger partial charge is 0.393 e. The van der Waals surface area contributed by atoms with Gasteiger partial charge in [0.05, 0.1) is 6.10 Å². The lowest BCUT2D eigenvalue weighted by Crippen LogP contribution is -2.32. The Morgan fingerprint density at radius 3 is 2.56 bits per heavy atom. The van der Waals surface area contributed by atoms with Gasteiger partial charge in [0, 0.05) is 25.2 Å². The van der Waals surface area contributed by atoms with Crippen LogP contribution in [0.1, 0.15) is 32.1 Å². The van der Waals surface area contributed by atoms with E-state index in [2.05, 4.69) is 4.90 Å². The summed E-state index contributed by atoms with van der Waals surface area (Å²) < 4.78 is 12.9. The zero-order valence-corrected chi connectivity index (χ0v) is 11.0. The molecule has 1 saturated carbocycles. The maximum atomic E-state index is 12.9. The molecule has 1 fully saturated rings. The van der Waals surface area contributed by atoms with E-state index in [0.717, 1.165) is 31.5 Å². The lowest BCUT2D eigenvalue weighted by atomic mass is 9.96. The summed E-state index contributed by atoms with van der Waals surface area (Å²) in [4.78, 5) is 2.11. The summed E-state index contributed by atoms with van der Waals surface area (Å²) in [7, 11) is 2.00. The van der Waals surface area contributed by atoms with Crippen LogP contribution in [0.15, 0.2) is 24.3 Å². The molecule has 18 heavy (non-hydrogen) atoms. The van der Waals surface area contributed by atoms with Gasteiger partial charge in [-0.2, -0.15) is 0 Å². The van der Waals surface area contributed by atoms with E-state index in [9.17, 15) is 9.50 Å². The van der Waals surface area contributed by atoms with Gasteiger partial charge in [-0.05, 0) is 37.1 Å². The molecule has 3 heteroatoms. The van der Waals surface area contributed by atoms with Crippen LogP contribution in [0.5, 0.6) is 0 Å². The van der Waals surface area contributed by atoms with Gasteiger partial charge in [0.25, 0.3) is 0 Å². The molecule has 0 aromatic heterocycles. The highest BCUT2D eigenvalue weighted by Crippen LogP contribution is 2.25. The van der Waals surface area contributed by atoms with Crippen LogP contribution in [0.2, 0.25) is 0 Å². The van der Waals surface area contributed by atoms with Crippen molar-refractivity contribution in [2.45, 2.75) is 38.2 Å². The van der Waals surface area contributed by atoms with Gasteiger partial charge in [0.1, 0.15) is 5.82 Å². The number of rotatable bonds is 3. The van der Waals surface area contributed by atoms with E-state index in [0.29, 0.717) is 5.92 Å². The number of aliphatic hydroxyl groups excluding tert-OH is 1. The Bertz CT molecular complexity index is 365. The zero-order valence-electron chi connectivity index (χ0n) is 11.0. The molecule has 0 bridgehead atoms. The SMILES string of the molecule is CN(CC1CCCCCC1O)c1ccc(F)cc1. The van der Waals surface area contributed by atoms with Crippen molar-refractivity contribution in [1.29, 1.82) is 0 Å². The molecule has 0 spiro atoms. The minimum Gasteiger partial charge on any atom is -0.393 e. The smallest absolute Gasteiger partial charge is 0.123 e. The van der Waals surface area contributed by atoms with E-state index in [1.807, 2.05) is 7.05 Å². The molecule has 100 valence electrons. The van der Waals surface area contributed by atoms with Crippen LogP contribution in [-0.4, -0.2) is 24.8 Å². The number of halogens is 1. The highest BCUT2D eigenvalue weighted by molar-refractivity contribution is 5.45. The van der Waals surface area contributed by atoms with Crippen LogP contribution in [0.3, 0.4) is 0 Å². The molecule has 2 atom stereocenters. The summed E-state index contributed by atoms with van der Waals surface area (Å²) in [5, 5.41) is 10.1. The van der Waals surface area contributed by atoms with Crippen molar-refractivity contribution in [3.63, 3.8) is 0 Å². The molecule has 0 amide bonds. The Morgan fingerprint density at radius 1 is 1.17 bits per heavy atom. The molecule has 2 rings (SSSR count). The minimum atomic E-state index is -0.207. The summed E-state index contributed by atoms with van der Waals surface area (Å²) in [6.07, 6.45) is 5.40. The van der Waals surface area contributed by atoms with Gasteiger partial charge in [0.15, 0.2) is 0 Å². The molecule has 1 aliphatic carbocycles. The molecule has 0 radical (unpaired) electrons. The van der Waals surface area contributed by atoms with Crippen molar-refractivity contribution in [2.24, 2.45) is 5.92 Å². The quantitative estimate of drug-likeness (QED) is 0.834. The fourth-order valence-corrected chi connectivity index (χ4v) is 2.73. The normalized spacial score (nSPS) is 24.6. The predicted octanol–water partition coefficient (Wildman–Crippen LogP) is 3.20. The fourth-order valence-electron chi connectivity index (χ4n) is 2.73. The monoisotopic (exact) mass is 251 g/mol. The van der Waals surface area contributed by atoms with Crippen LogP contribution in [0, 0.1) is 11.7 Å². The molecule has 1 aromatic carbocycles. The van der Waals surface area contributed by atoms with Crippen molar-refractivity contribution >= 4 is 5.69 Å². The first-order chi connectivity index (χ1) is 8.66. The Hall–Kier alpha value is -1.09. The molecular formula is C15H22FNO. The van der Waals surface area contributed by atoms with Crippen molar-refractivity contribution in [1.82, 2.24) is 0 Å². The lowest BCUT2D eigenvalue weighted by molar-refractivity contribution is 0.104. The molecule has 2 unspecified atom stereocenters. The number of hydrogen-bond acceptors (Lipinski definition) is 2. The second-order valence-corrected chi connectivity index (χ2v) is 5.32. The zero-order chi connectivity index (χ0) is 13.0. The third kappa shape index (κ3) is 3.45. The van der Waals surface area contributed by atoms with Gasteiger partial charge in [-0.25, -0.2) is 4.39 Å². The second kappa shape index (κ2) is 6.19. The maximum absolute atomic E-state index is 12.9. The lowest BCUT2D eigenvalue weighted by Gasteiger charge is -2.28. The summed E-state index contributed by atoms with van der Waals surface area (Å²) in [5.74, 6) is 0.129. The highest BCUT2D eigenvalue weighted by atomic mass is 19.1. The standard InChI is InChI=1S/C15H22FNO/c1-17(14-9-7-13(16)8-10-14)11-12-5-3-2-4-6-15(12)18/h7-10,12,15,18H,2-6,11H2,1H3. The molecule has 2 nitrogen and oxygen atoms in total. The van der Waals surface area contributed by atoms with Gasteiger partial charge >= 0.3 is 0 Å². The van der Waals surface area contributed by atoms with Gasteiger partial charge in [-0.15, -0.1) is 0 Å². The van der Waals surface area contributed by atoms with Crippen molar-refractivity contribution < 1.29 is 9.50 Å². The first-order valence-corrected chi connectivity index (χ1v) is 6.81.